The SMILES string of the molecule is [2H]C[C@H]1O[C@@H](n2cnc3c(NC(=O)c4ccccc4)ncnc32)[C@H](CO)C1OP(C)N(C(C)C)C(C)C. The van der Waals surface area contributed by atoms with Crippen molar-refractivity contribution < 1.29 is 20.5 Å². The zero-order valence-electron chi connectivity index (χ0n) is 22.3. The smallest absolute Gasteiger partial charge is 0.256 e. The number of carbonyl (C=O) groups is 1. The molecule has 11 heteroatoms. The number of nitrogens with zero attached hydrogens (tertiary/aromatic N) is 5. The monoisotopic (exact) mass is 515 g/mol. The number of hydrogen-bond donors (Lipinski definition) is 2. The van der Waals surface area contributed by atoms with Crippen molar-refractivity contribution >= 4 is 31.2 Å². The molecule has 2 unspecified atom stereocenters. The van der Waals surface area contributed by atoms with Crippen molar-refractivity contribution in [1.29, 1.82) is 0 Å². The van der Waals surface area contributed by atoms with Crippen LogP contribution in [-0.4, -0.2) is 72.8 Å². The van der Waals surface area contributed by atoms with Crippen LogP contribution in [0.4, 0.5) is 5.82 Å². The fraction of sp³-hybridized carbons (Fsp3) is 0.520. The molecule has 1 amide bonds. The van der Waals surface area contributed by atoms with Crippen LogP contribution in [-0.2, 0) is 9.26 Å². The van der Waals surface area contributed by atoms with Gasteiger partial charge in [-0.2, -0.15) is 0 Å². The second-order valence-corrected chi connectivity index (χ2v) is 11.0. The van der Waals surface area contributed by atoms with Gasteiger partial charge in [-0.1, -0.05) is 18.2 Å². The Bertz CT molecular complexity index is 1190. The number of benzene rings is 1. The third-order valence-corrected chi connectivity index (χ3v) is 8.36. The number of carbonyl (C=O) groups excluding carboxylic acids is 1. The molecule has 0 spiro atoms. The summed E-state index contributed by atoms with van der Waals surface area (Å²) >= 11 is 0. The molecule has 0 saturated carbocycles. The predicted octanol–water partition coefficient (Wildman–Crippen LogP) is 4.05. The van der Waals surface area contributed by atoms with Gasteiger partial charge < -0.3 is 19.7 Å². The molecule has 3 heterocycles. The lowest BCUT2D eigenvalue weighted by Crippen LogP contribution is -2.36. The molecule has 4 rings (SSSR count). The lowest BCUT2D eigenvalue weighted by atomic mass is 10.0. The number of imidazole rings is 1. The Kier molecular flexibility index (Phi) is 7.88. The molecule has 1 aliphatic heterocycles. The minimum atomic E-state index is -0.986. The maximum atomic E-state index is 12.7. The Labute approximate surface area is 214 Å². The summed E-state index contributed by atoms with van der Waals surface area (Å²) in [6.45, 7) is 10.4. The van der Waals surface area contributed by atoms with Crippen molar-refractivity contribution in [3.8, 4) is 0 Å². The molecule has 36 heavy (non-hydrogen) atoms. The molecule has 5 atom stereocenters. The van der Waals surface area contributed by atoms with Crippen LogP contribution in [0, 0.1) is 5.92 Å². The largest absolute Gasteiger partial charge is 0.396 e. The van der Waals surface area contributed by atoms with Gasteiger partial charge in [0.05, 0.1) is 31.1 Å². The van der Waals surface area contributed by atoms with E-state index in [9.17, 15) is 9.90 Å². The molecule has 0 radical (unpaired) electrons. The van der Waals surface area contributed by atoms with Crippen LogP contribution < -0.4 is 5.32 Å². The Balaban J connectivity index is 1.61. The average Bonchev–Trinajstić information content (AvgIpc) is 3.45. The first-order chi connectivity index (χ1) is 17.8. The van der Waals surface area contributed by atoms with Crippen LogP contribution >= 0.6 is 8.30 Å². The number of amides is 1. The fourth-order valence-electron chi connectivity index (χ4n) is 4.78. The highest BCUT2D eigenvalue weighted by molar-refractivity contribution is 7.49. The highest BCUT2D eigenvalue weighted by Gasteiger charge is 2.46. The average molecular weight is 516 g/mol. The molecule has 3 aromatic rings. The quantitative estimate of drug-likeness (QED) is 0.410. The third kappa shape index (κ3) is 5.28. The molecule has 1 aliphatic rings. The zero-order chi connectivity index (χ0) is 26.7. The van der Waals surface area contributed by atoms with E-state index in [1.165, 1.54) is 6.33 Å². The highest BCUT2D eigenvalue weighted by Crippen LogP contribution is 2.48. The Morgan fingerprint density at radius 2 is 1.97 bits per heavy atom. The van der Waals surface area contributed by atoms with Gasteiger partial charge in [0.15, 0.2) is 17.0 Å². The number of aliphatic hydroxyl groups is 1. The molecule has 1 saturated heterocycles. The van der Waals surface area contributed by atoms with Gasteiger partial charge in [-0.25, -0.2) is 15.0 Å². The first-order valence-corrected chi connectivity index (χ1v) is 13.7. The van der Waals surface area contributed by atoms with E-state index in [0.717, 1.165) is 0 Å². The summed E-state index contributed by atoms with van der Waals surface area (Å²) < 4.78 is 24.9. The lowest BCUT2D eigenvalue weighted by molar-refractivity contribution is -0.0139. The van der Waals surface area contributed by atoms with Crippen molar-refractivity contribution in [3.05, 3.63) is 48.5 Å². The molecule has 2 N–H and O–H groups in total. The number of hydrogen-bond acceptors (Lipinski definition) is 8. The van der Waals surface area contributed by atoms with E-state index < -0.39 is 32.7 Å². The van der Waals surface area contributed by atoms with E-state index in [1.807, 2.05) is 6.07 Å². The van der Waals surface area contributed by atoms with E-state index >= 15 is 0 Å². The van der Waals surface area contributed by atoms with E-state index in [-0.39, 0.29) is 37.3 Å². The van der Waals surface area contributed by atoms with Crippen LogP contribution in [0.25, 0.3) is 11.2 Å². The molecule has 194 valence electrons. The Hall–Kier alpha value is -2.49. The number of nitrogens with one attached hydrogen (secondary N) is 1. The summed E-state index contributed by atoms with van der Waals surface area (Å²) in [4.78, 5) is 25.8. The van der Waals surface area contributed by atoms with E-state index in [1.54, 1.807) is 35.2 Å². The molecular weight excluding hydrogens is 479 g/mol. The minimum Gasteiger partial charge on any atom is -0.396 e. The minimum absolute atomic E-state index is 0.00973. The van der Waals surface area contributed by atoms with Gasteiger partial charge >= 0.3 is 0 Å². The Morgan fingerprint density at radius 3 is 2.61 bits per heavy atom. The number of fused-ring (bicyclic) bond motifs is 1. The summed E-state index contributed by atoms with van der Waals surface area (Å²) in [5.74, 6) is -0.460. The van der Waals surface area contributed by atoms with Crippen LogP contribution in [0.2, 0.25) is 0 Å². The van der Waals surface area contributed by atoms with Gasteiger partial charge in [-0.3, -0.25) is 14.0 Å². The topological polar surface area (TPSA) is 115 Å². The second-order valence-electron chi connectivity index (χ2n) is 9.38. The first-order valence-electron chi connectivity index (χ1n) is 12.8. The zero-order valence-corrected chi connectivity index (χ0v) is 22.2. The van der Waals surface area contributed by atoms with Crippen LogP contribution in [0.15, 0.2) is 43.0 Å². The van der Waals surface area contributed by atoms with Crippen LogP contribution in [0.3, 0.4) is 0 Å². The number of aliphatic hydroxyl groups excluding tert-OH is 1. The molecule has 2 aromatic heterocycles. The van der Waals surface area contributed by atoms with Gasteiger partial charge in [0.1, 0.15) is 20.9 Å². The molecule has 1 fully saturated rings. The van der Waals surface area contributed by atoms with E-state index in [0.29, 0.717) is 16.7 Å². The number of aromatic nitrogens is 4. The summed E-state index contributed by atoms with van der Waals surface area (Å²) in [5, 5.41) is 13.2. The van der Waals surface area contributed by atoms with Crippen molar-refractivity contribution in [3.63, 3.8) is 0 Å². The van der Waals surface area contributed by atoms with Gasteiger partial charge in [0.25, 0.3) is 5.91 Å². The van der Waals surface area contributed by atoms with Gasteiger partial charge in [-0.15, -0.1) is 0 Å². The summed E-state index contributed by atoms with van der Waals surface area (Å²) in [7, 11) is -0.986. The van der Waals surface area contributed by atoms with Crippen LogP contribution in [0.5, 0.6) is 0 Å². The maximum Gasteiger partial charge on any atom is 0.256 e. The predicted molar refractivity (Wildman–Crippen MR) is 140 cm³/mol. The van der Waals surface area contributed by atoms with E-state index in [4.69, 9.17) is 10.6 Å². The molecule has 0 aliphatic carbocycles. The van der Waals surface area contributed by atoms with Gasteiger partial charge in [-0.05, 0) is 53.4 Å². The molecule has 1 aromatic carbocycles. The highest BCUT2D eigenvalue weighted by atomic mass is 31.2. The first kappa shape index (κ1) is 25.2. The van der Waals surface area contributed by atoms with E-state index in [2.05, 4.69) is 59.3 Å². The number of ether oxygens (including phenoxy) is 1. The van der Waals surface area contributed by atoms with Gasteiger partial charge in [0, 0.05) is 19.0 Å². The number of anilines is 1. The molecule has 10 nitrogen and oxygen atoms in total. The molecular formula is C25H35N6O4P. The summed E-state index contributed by atoms with van der Waals surface area (Å²) in [5.41, 5.74) is 1.36. The maximum absolute atomic E-state index is 12.7. The number of rotatable bonds is 9. The van der Waals surface area contributed by atoms with Crippen molar-refractivity contribution in [2.45, 2.75) is 65.1 Å². The summed E-state index contributed by atoms with van der Waals surface area (Å²) in [6.07, 6.45) is 1.29. The van der Waals surface area contributed by atoms with Crippen molar-refractivity contribution in [2.24, 2.45) is 5.92 Å². The van der Waals surface area contributed by atoms with Crippen LogP contribution in [0.1, 0.15) is 52.6 Å². The van der Waals surface area contributed by atoms with Crippen molar-refractivity contribution in [1.82, 2.24) is 24.2 Å². The molecule has 0 bridgehead atoms. The third-order valence-electron chi connectivity index (χ3n) is 6.24. The van der Waals surface area contributed by atoms with Crippen molar-refractivity contribution in [2.75, 3.05) is 18.6 Å². The van der Waals surface area contributed by atoms with Gasteiger partial charge in [0.2, 0.25) is 0 Å². The normalized spacial score (nSPS) is 23.5. The summed E-state index contributed by atoms with van der Waals surface area (Å²) in [6, 6.07) is 9.42. The Morgan fingerprint density at radius 1 is 1.25 bits per heavy atom. The standard InChI is InChI=1S/C25H35N6O4P/c1-15(2)31(16(3)4)36(6)35-21-17(5)34-25(19(21)12-32)30-14-28-20-22(26-13-27-23(20)30)29-24(33)18-10-8-7-9-11-18/h7-11,13-17,19,21,25,32H,12H2,1-6H3,(H,26,27,29,33)/t17-,19-,21?,25-,36?/m1/s1/i5D. The fourth-order valence-corrected chi connectivity index (χ4v) is 6.84. The lowest BCUT2D eigenvalue weighted by Gasteiger charge is -2.37. The second kappa shape index (κ2) is 11.3.